The maximum absolute atomic E-state index is 13.0. The number of nitrogens with one attached hydrogen (secondary N) is 1. The zero-order valence-corrected chi connectivity index (χ0v) is 18.6. The molecule has 2 aromatic carbocycles. The van der Waals surface area contributed by atoms with E-state index in [-0.39, 0.29) is 5.57 Å². The fraction of sp³-hybridized carbons (Fsp3) is 0.105. The van der Waals surface area contributed by atoms with Crippen molar-refractivity contribution in [2.45, 2.75) is 6.92 Å². The van der Waals surface area contributed by atoms with Gasteiger partial charge in [0.15, 0.2) is 0 Å². The van der Waals surface area contributed by atoms with Gasteiger partial charge in [-0.2, -0.15) is 0 Å². The molecule has 1 N–H and O–H groups in total. The third kappa shape index (κ3) is 3.85. The van der Waals surface area contributed by atoms with Gasteiger partial charge in [0.1, 0.15) is 11.3 Å². The van der Waals surface area contributed by atoms with Crippen molar-refractivity contribution in [1.29, 1.82) is 0 Å². The van der Waals surface area contributed by atoms with Crippen molar-refractivity contribution in [2.24, 2.45) is 0 Å². The van der Waals surface area contributed by atoms with E-state index in [2.05, 4.69) is 37.2 Å². The van der Waals surface area contributed by atoms with Crippen LogP contribution in [0.4, 0.5) is 10.5 Å². The smallest absolute Gasteiger partial charge is 0.335 e. The summed E-state index contributed by atoms with van der Waals surface area (Å²) in [7, 11) is 1.53. The molecule has 0 atom stereocenters. The highest BCUT2D eigenvalue weighted by atomic mass is 79.9. The van der Waals surface area contributed by atoms with Gasteiger partial charge in [-0.1, -0.05) is 17.7 Å². The lowest BCUT2D eigenvalue weighted by Gasteiger charge is -2.27. The Kier molecular flexibility index (Phi) is 5.92. The Balaban J connectivity index is 2.08. The molecule has 144 valence electrons. The number of anilines is 1. The van der Waals surface area contributed by atoms with Gasteiger partial charge in [0.2, 0.25) is 0 Å². The van der Waals surface area contributed by atoms with Gasteiger partial charge in [0.05, 0.1) is 21.7 Å². The number of hydrogen-bond donors (Lipinski definition) is 1. The van der Waals surface area contributed by atoms with Crippen molar-refractivity contribution in [1.82, 2.24) is 5.32 Å². The van der Waals surface area contributed by atoms with E-state index in [1.165, 1.54) is 19.3 Å². The Morgan fingerprint density at radius 1 is 1.11 bits per heavy atom. The van der Waals surface area contributed by atoms with Gasteiger partial charge in [-0.15, -0.1) is 0 Å². The number of benzene rings is 2. The van der Waals surface area contributed by atoms with Crippen LogP contribution in [0.25, 0.3) is 6.08 Å². The molecule has 1 fully saturated rings. The number of aryl methyl sites for hydroxylation is 1. The highest BCUT2D eigenvalue weighted by molar-refractivity contribution is 9.11. The first-order valence-electron chi connectivity index (χ1n) is 7.93. The van der Waals surface area contributed by atoms with Crippen LogP contribution in [0.2, 0.25) is 5.02 Å². The van der Waals surface area contributed by atoms with Crippen LogP contribution in [0.3, 0.4) is 0 Å². The highest BCUT2D eigenvalue weighted by Gasteiger charge is 2.37. The molecule has 0 bridgehead atoms. The zero-order chi connectivity index (χ0) is 20.6. The standard InChI is InChI=1S/C19H13Br2ClN2O4/c1-9-3-4-11(22)8-15(9)24-18(26)12(17(25)23-19(24)27)5-10-6-13(20)16(28-2)14(21)7-10/h3-8H,1-2H3,(H,23,25,27)/b12-5+. The second-order valence-electron chi connectivity index (χ2n) is 5.91. The van der Waals surface area contributed by atoms with Crippen LogP contribution < -0.4 is 15.0 Å². The molecule has 4 amide bonds. The molecule has 1 saturated heterocycles. The molecule has 2 aromatic rings. The van der Waals surface area contributed by atoms with Crippen molar-refractivity contribution in [2.75, 3.05) is 12.0 Å². The summed E-state index contributed by atoms with van der Waals surface area (Å²) in [5.74, 6) is -0.927. The first-order chi connectivity index (χ1) is 13.2. The minimum atomic E-state index is -0.824. The van der Waals surface area contributed by atoms with Crippen LogP contribution in [-0.4, -0.2) is 25.0 Å². The van der Waals surface area contributed by atoms with Gasteiger partial charge in [-0.05, 0) is 80.3 Å². The number of amides is 4. The topological polar surface area (TPSA) is 75.7 Å². The van der Waals surface area contributed by atoms with Gasteiger partial charge in [-0.25, -0.2) is 9.69 Å². The number of urea groups is 1. The molecule has 0 aliphatic carbocycles. The Morgan fingerprint density at radius 2 is 1.75 bits per heavy atom. The average Bonchev–Trinajstić information content (AvgIpc) is 2.61. The summed E-state index contributed by atoms with van der Waals surface area (Å²) in [4.78, 5) is 38.6. The van der Waals surface area contributed by atoms with Crippen LogP contribution in [-0.2, 0) is 9.59 Å². The number of barbiturate groups is 1. The van der Waals surface area contributed by atoms with E-state index >= 15 is 0 Å². The van der Waals surface area contributed by atoms with Gasteiger partial charge in [0.25, 0.3) is 11.8 Å². The molecule has 0 aromatic heterocycles. The quantitative estimate of drug-likeness (QED) is 0.457. The number of carbonyl (C=O) groups is 3. The summed E-state index contributed by atoms with van der Waals surface area (Å²) in [6, 6.07) is 7.42. The van der Waals surface area contributed by atoms with E-state index in [0.717, 1.165) is 4.90 Å². The first kappa shape index (κ1) is 20.6. The van der Waals surface area contributed by atoms with Crippen molar-refractivity contribution >= 4 is 73.1 Å². The molecule has 3 rings (SSSR count). The summed E-state index contributed by atoms with van der Waals surface area (Å²) in [6.45, 7) is 1.74. The van der Waals surface area contributed by atoms with Gasteiger partial charge in [0, 0.05) is 5.02 Å². The molecule has 1 aliphatic heterocycles. The second kappa shape index (κ2) is 8.06. The lowest BCUT2D eigenvalue weighted by molar-refractivity contribution is -0.122. The van der Waals surface area contributed by atoms with E-state index in [0.29, 0.717) is 36.5 Å². The maximum Gasteiger partial charge on any atom is 0.335 e. The normalized spacial score (nSPS) is 15.8. The van der Waals surface area contributed by atoms with E-state index < -0.39 is 17.8 Å². The molecule has 0 spiro atoms. The van der Waals surface area contributed by atoms with Crippen LogP contribution in [0.5, 0.6) is 5.75 Å². The number of carbonyl (C=O) groups excluding carboxylic acids is 3. The summed E-state index contributed by atoms with van der Waals surface area (Å²) in [6.07, 6.45) is 1.41. The fourth-order valence-corrected chi connectivity index (χ4v) is 4.44. The molecule has 9 heteroatoms. The average molecular weight is 529 g/mol. The summed E-state index contributed by atoms with van der Waals surface area (Å²) in [5, 5.41) is 2.56. The van der Waals surface area contributed by atoms with E-state index in [1.807, 2.05) is 0 Å². The third-order valence-electron chi connectivity index (χ3n) is 4.05. The molecular formula is C19H13Br2ClN2O4. The van der Waals surface area contributed by atoms with E-state index in [9.17, 15) is 14.4 Å². The number of methoxy groups -OCH3 is 1. The lowest BCUT2D eigenvalue weighted by Crippen LogP contribution is -2.54. The zero-order valence-electron chi connectivity index (χ0n) is 14.7. The van der Waals surface area contributed by atoms with Crippen molar-refractivity contribution in [3.05, 3.63) is 61.0 Å². The molecule has 0 saturated carbocycles. The van der Waals surface area contributed by atoms with E-state index in [4.69, 9.17) is 16.3 Å². The lowest BCUT2D eigenvalue weighted by atomic mass is 10.1. The minimum absolute atomic E-state index is 0.178. The Labute approximate surface area is 182 Å². The minimum Gasteiger partial charge on any atom is -0.494 e. The predicted molar refractivity (Wildman–Crippen MR) is 114 cm³/mol. The second-order valence-corrected chi connectivity index (χ2v) is 8.05. The van der Waals surface area contributed by atoms with Crippen LogP contribution in [0.1, 0.15) is 11.1 Å². The molecule has 0 radical (unpaired) electrons. The van der Waals surface area contributed by atoms with Crippen molar-refractivity contribution < 1.29 is 19.1 Å². The largest absolute Gasteiger partial charge is 0.494 e. The van der Waals surface area contributed by atoms with E-state index in [1.54, 1.807) is 31.2 Å². The van der Waals surface area contributed by atoms with Crippen molar-refractivity contribution in [3.63, 3.8) is 0 Å². The number of ether oxygens (including phenoxy) is 1. The van der Waals surface area contributed by atoms with Crippen molar-refractivity contribution in [3.8, 4) is 5.75 Å². The van der Waals surface area contributed by atoms with Crippen LogP contribution in [0.15, 0.2) is 44.9 Å². The summed E-state index contributed by atoms with van der Waals surface area (Å²) < 4.78 is 6.53. The summed E-state index contributed by atoms with van der Waals surface area (Å²) in [5.41, 5.74) is 1.36. The Bertz CT molecular complexity index is 1030. The van der Waals surface area contributed by atoms with Gasteiger partial charge in [-0.3, -0.25) is 14.9 Å². The first-order valence-corrected chi connectivity index (χ1v) is 9.90. The number of rotatable bonds is 3. The van der Waals surface area contributed by atoms with Crippen LogP contribution >= 0.6 is 43.5 Å². The molecule has 6 nitrogen and oxygen atoms in total. The SMILES string of the molecule is COc1c(Br)cc(/C=C2\C(=O)NC(=O)N(c3cc(Cl)ccc3C)C2=O)cc1Br. The summed E-state index contributed by atoms with van der Waals surface area (Å²) >= 11 is 12.8. The molecule has 1 aliphatic rings. The fourth-order valence-electron chi connectivity index (χ4n) is 2.72. The number of nitrogens with zero attached hydrogens (tertiary/aromatic N) is 1. The number of hydrogen-bond acceptors (Lipinski definition) is 4. The molecule has 28 heavy (non-hydrogen) atoms. The van der Waals surface area contributed by atoms with Crippen LogP contribution in [0, 0.1) is 6.92 Å². The predicted octanol–water partition coefficient (Wildman–Crippen LogP) is 4.85. The Hall–Kier alpha value is -2.16. The monoisotopic (exact) mass is 526 g/mol. The molecular weight excluding hydrogens is 515 g/mol. The highest BCUT2D eigenvalue weighted by Crippen LogP contribution is 2.35. The van der Waals surface area contributed by atoms with Gasteiger partial charge >= 0.3 is 6.03 Å². The molecule has 1 heterocycles. The Morgan fingerprint density at radius 3 is 2.36 bits per heavy atom. The molecule has 0 unspecified atom stereocenters. The van der Waals surface area contributed by atoms with Gasteiger partial charge < -0.3 is 4.74 Å². The third-order valence-corrected chi connectivity index (χ3v) is 5.46. The number of halogens is 3. The maximum atomic E-state index is 13.0. The number of imide groups is 2.